The maximum Gasteiger partial charge on any atom is 0.189 e. The van der Waals surface area contributed by atoms with E-state index in [1.165, 1.54) is 16.4 Å². The first-order valence-electron chi connectivity index (χ1n) is 11.5. The van der Waals surface area contributed by atoms with E-state index in [1.807, 2.05) is 12.1 Å². The second kappa shape index (κ2) is 9.89. The Balaban J connectivity index is 1.37. The summed E-state index contributed by atoms with van der Waals surface area (Å²) in [6, 6.07) is 31.6. The monoisotopic (exact) mass is 456 g/mol. The quantitative estimate of drug-likeness (QED) is 0.415. The van der Waals surface area contributed by atoms with Crippen molar-refractivity contribution >= 4 is 25.0 Å². The van der Waals surface area contributed by atoms with E-state index in [0.29, 0.717) is 0 Å². The van der Waals surface area contributed by atoms with Gasteiger partial charge in [-0.2, -0.15) is 0 Å². The van der Waals surface area contributed by atoms with Crippen LogP contribution in [0.15, 0.2) is 101 Å². The molecule has 3 aromatic carbocycles. The molecule has 2 heterocycles. The molecule has 0 aliphatic carbocycles. The second-order valence-electron chi connectivity index (χ2n) is 8.59. The molecule has 0 fully saturated rings. The van der Waals surface area contributed by atoms with E-state index in [0.717, 1.165) is 24.1 Å². The Morgan fingerprint density at radius 1 is 0.606 bits per heavy atom. The van der Waals surface area contributed by atoms with Gasteiger partial charge in [-0.1, -0.05) is 98.9 Å². The van der Waals surface area contributed by atoms with Gasteiger partial charge < -0.3 is 9.47 Å². The smallest absolute Gasteiger partial charge is 0.189 e. The summed E-state index contributed by atoms with van der Waals surface area (Å²) in [5.41, 5.74) is 2.40. The fraction of sp³-hybridized carbons (Fsp3) is 0.286. The van der Waals surface area contributed by atoms with E-state index in [2.05, 4.69) is 92.7 Å². The van der Waals surface area contributed by atoms with Gasteiger partial charge >= 0.3 is 0 Å². The number of hydrogen-bond donors (Lipinski definition) is 0. The van der Waals surface area contributed by atoms with Gasteiger partial charge in [0.2, 0.25) is 0 Å². The number of nitrogens with zero attached hydrogens (tertiary/aromatic N) is 2. The lowest BCUT2D eigenvalue weighted by Crippen LogP contribution is -2.19. The van der Waals surface area contributed by atoms with Crippen LogP contribution in [0.2, 0.25) is 0 Å². The van der Waals surface area contributed by atoms with Gasteiger partial charge in [-0.15, -0.1) is 0 Å². The molecule has 3 aromatic rings. The lowest BCUT2D eigenvalue weighted by molar-refractivity contribution is 0.212. The molecule has 0 saturated heterocycles. The van der Waals surface area contributed by atoms with Crippen LogP contribution in [0.4, 0.5) is 0 Å². The molecule has 0 spiro atoms. The fourth-order valence-corrected chi connectivity index (χ4v) is 6.53. The molecule has 0 N–H and O–H groups in total. The third-order valence-corrected chi connectivity index (χ3v) is 8.49. The number of rotatable bonds is 7. The Bertz CT molecular complexity index is 1050. The van der Waals surface area contributed by atoms with Gasteiger partial charge in [0.15, 0.2) is 11.8 Å². The zero-order valence-electron chi connectivity index (χ0n) is 19.0. The number of ether oxygens (including phenoxy) is 2. The Labute approximate surface area is 197 Å². The van der Waals surface area contributed by atoms with E-state index in [4.69, 9.17) is 19.5 Å². The van der Waals surface area contributed by atoms with Gasteiger partial charge in [0.1, 0.15) is 24.3 Å². The summed E-state index contributed by atoms with van der Waals surface area (Å²) in [7, 11) is -0.603. The van der Waals surface area contributed by atoms with Gasteiger partial charge in [0.25, 0.3) is 0 Å². The van der Waals surface area contributed by atoms with Crippen molar-refractivity contribution in [2.75, 3.05) is 12.3 Å². The molecule has 0 saturated carbocycles. The van der Waals surface area contributed by atoms with Crippen molar-refractivity contribution < 1.29 is 9.47 Å². The maximum atomic E-state index is 6.24. The zero-order chi connectivity index (χ0) is 22.6. The van der Waals surface area contributed by atoms with Gasteiger partial charge in [0.05, 0.1) is 0 Å². The highest BCUT2D eigenvalue weighted by atomic mass is 31.1. The molecule has 0 aromatic heterocycles. The Hall–Kier alpha value is -2.97. The molecule has 0 radical (unpaired) electrons. The Morgan fingerprint density at radius 3 is 1.42 bits per heavy atom. The summed E-state index contributed by atoms with van der Waals surface area (Å²) >= 11 is 0. The predicted molar refractivity (Wildman–Crippen MR) is 137 cm³/mol. The van der Waals surface area contributed by atoms with E-state index in [1.54, 1.807) is 0 Å². The average molecular weight is 457 g/mol. The summed E-state index contributed by atoms with van der Waals surface area (Å²) in [4.78, 5) is 9.97. The van der Waals surface area contributed by atoms with Crippen molar-refractivity contribution in [3.8, 4) is 0 Å². The molecule has 2 aliphatic rings. The molecule has 5 heteroatoms. The third kappa shape index (κ3) is 5.02. The van der Waals surface area contributed by atoms with E-state index in [9.17, 15) is 0 Å². The Morgan fingerprint density at radius 2 is 1.00 bits per heavy atom. The number of hydrogen-bond acceptors (Lipinski definition) is 4. The molecule has 168 valence electrons. The van der Waals surface area contributed by atoms with Crippen molar-refractivity contribution in [2.24, 2.45) is 9.98 Å². The van der Waals surface area contributed by atoms with Crippen LogP contribution in [0.5, 0.6) is 0 Å². The molecule has 2 aliphatic heterocycles. The first-order valence-corrected chi connectivity index (χ1v) is 13.2. The third-order valence-electron chi connectivity index (χ3n) is 6.16. The molecular weight excluding hydrogens is 427 g/mol. The fourth-order valence-electron chi connectivity index (χ4n) is 4.49. The zero-order valence-corrected chi connectivity index (χ0v) is 19.9. The van der Waals surface area contributed by atoms with Crippen LogP contribution in [0.25, 0.3) is 0 Å². The molecule has 0 amide bonds. The largest absolute Gasteiger partial charge is 0.475 e. The van der Waals surface area contributed by atoms with E-state index < -0.39 is 7.92 Å². The molecule has 5 atom stereocenters. The molecule has 1 unspecified atom stereocenters. The van der Waals surface area contributed by atoms with Crippen molar-refractivity contribution in [3.05, 3.63) is 102 Å². The van der Waals surface area contributed by atoms with E-state index >= 15 is 0 Å². The van der Waals surface area contributed by atoms with Crippen LogP contribution in [-0.4, -0.2) is 36.3 Å². The topological polar surface area (TPSA) is 43.2 Å². The number of benzene rings is 3. The maximum absolute atomic E-state index is 6.24. The summed E-state index contributed by atoms with van der Waals surface area (Å²) in [5, 5.41) is 1.32. The van der Waals surface area contributed by atoms with Crippen LogP contribution >= 0.6 is 7.92 Å². The summed E-state index contributed by atoms with van der Waals surface area (Å²) in [6.07, 6.45) is 1.66. The highest BCUT2D eigenvalue weighted by Crippen LogP contribution is 2.40. The highest BCUT2D eigenvalue weighted by Gasteiger charge is 2.33. The lowest BCUT2D eigenvalue weighted by atomic mass is 10.0. The van der Waals surface area contributed by atoms with Gasteiger partial charge in [-0.3, -0.25) is 0 Å². The minimum Gasteiger partial charge on any atom is -0.475 e. The summed E-state index contributed by atoms with van der Waals surface area (Å²) < 4.78 is 12.5. The van der Waals surface area contributed by atoms with Crippen LogP contribution in [0, 0.1) is 0 Å². The summed E-state index contributed by atoms with van der Waals surface area (Å²) in [5.74, 6) is 1.69. The normalized spacial score (nSPS) is 25.0. The van der Waals surface area contributed by atoms with E-state index in [-0.39, 0.29) is 24.3 Å². The number of aliphatic imine (C=N–C) groups is 2. The molecule has 0 bridgehead atoms. The van der Waals surface area contributed by atoms with Crippen LogP contribution in [0.3, 0.4) is 0 Å². The first kappa shape index (κ1) is 21.9. The highest BCUT2D eigenvalue weighted by molar-refractivity contribution is 7.67. The predicted octanol–water partition coefficient (Wildman–Crippen LogP) is 5.91. The average Bonchev–Trinajstić information content (AvgIpc) is 3.42. The first-order chi connectivity index (χ1) is 16.2. The molecule has 5 rings (SSSR count). The van der Waals surface area contributed by atoms with Gasteiger partial charge in [-0.05, 0) is 30.3 Å². The Kier molecular flexibility index (Phi) is 6.55. The molecule has 33 heavy (non-hydrogen) atoms. The standard InChI is InChI=1S/C28H29N2O2P/c1-20-27(22-12-6-3-7-13-22)29-25(31-20)18-33(24-16-10-5-11-17-24)19-26-30-28(21(2)32-26)23-14-8-4-9-15-23/h3-17,20-21,27-28H,18-19H2,1-2H3/t20-,21+,27-,28+,33?. The minimum atomic E-state index is -0.603. The van der Waals surface area contributed by atoms with Crippen LogP contribution in [0.1, 0.15) is 37.1 Å². The second-order valence-corrected chi connectivity index (χ2v) is 10.8. The lowest BCUT2D eigenvalue weighted by Gasteiger charge is -2.19. The van der Waals surface area contributed by atoms with Crippen LogP contribution in [-0.2, 0) is 9.47 Å². The van der Waals surface area contributed by atoms with Gasteiger partial charge in [-0.25, -0.2) is 9.98 Å². The molecular formula is C28H29N2O2P. The van der Waals surface area contributed by atoms with Crippen LogP contribution < -0.4 is 5.30 Å². The SMILES string of the molecule is C[C@@H]1OC(CP(CC2=N[C@@H](c3ccccc3)[C@@H](C)O2)c2ccccc2)=N[C@@H]1c1ccccc1. The van der Waals surface area contributed by atoms with Crippen molar-refractivity contribution in [1.82, 2.24) is 0 Å². The van der Waals surface area contributed by atoms with Crippen molar-refractivity contribution in [3.63, 3.8) is 0 Å². The van der Waals surface area contributed by atoms with Crippen molar-refractivity contribution in [2.45, 2.75) is 38.1 Å². The minimum absolute atomic E-state index is 0.0394. The van der Waals surface area contributed by atoms with Crippen molar-refractivity contribution in [1.29, 1.82) is 0 Å². The summed E-state index contributed by atoms with van der Waals surface area (Å²) in [6.45, 7) is 4.21. The van der Waals surface area contributed by atoms with Gasteiger partial charge in [0, 0.05) is 12.3 Å². The molecule has 4 nitrogen and oxygen atoms in total.